The zero-order chi connectivity index (χ0) is 10.1. The van der Waals surface area contributed by atoms with Crippen molar-refractivity contribution in [2.75, 3.05) is 6.61 Å². The second kappa shape index (κ2) is 3.96. The van der Waals surface area contributed by atoms with Crippen LogP contribution in [-0.4, -0.2) is 11.7 Å². The Balaban J connectivity index is 2.91. The Kier molecular flexibility index (Phi) is 3.35. The van der Waals surface area contributed by atoms with E-state index in [2.05, 4.69) is 0 Å². The first-order valence-electron chi connectivity index (χ1n) is 4.08. The third-order valence-corrected chi connectivity index (χ3v) is 3.62. The monoisotopic (exact) mass is 219 g/mol. The first-order chi connectivity index (χ1) is 5.99. The van der Waals surface area contributed by atoms with Gasteiger partial charge in [-0.1, -0.05) is 25.4 Å². The molecule has 0 radical (unpaired) electrons. The van der Waals surface area contributed by atoms with Crippen molar-refractivity contribution in [1.82, 2.24) is 0 Å². The fraction of sp³-hybridized carbons (Fsp3) is 0.556. The quantitative estimate of drug-likeness (QED) is 0.820. The van der Waals surface area contributed by atoms with Crippen molar-refractivity contribution < 1.29 is 5.11 Å². The van der Waals surface area contributed by atoms with Crippen molar-refractivity contribution in [2.24, 2.45) is 11.1 Å². The van der Waals surface area contributed by atoms with E-state index in [1.165, 1.54) is 11.3 Å². The first-order valence-corrected chi connectivity index (χ1v) is 5.34. The van der Waals surface area contributed by atoms with Gasteiger partial charge in [-0.25, -0.2) is 0 Å². The van der Waals surface area contributed by atoms with Gasteiger partial charge >= 0.3 is 0 Å². The van der Waals surface area contributed by atoms with Crippen LogP contribution in [0.5, 0.6) is 0 Å². The van der Waals surface area contributed by atoms with Crippen molar-refractivity contribution in [1.29, 1.82) is 0 Å². The van der Waals surface area contributed by atoms with Crippen molar-refractivity contribution in [3.63, 3.8) is 0 Å². The van der Waals surface area contributed by atoms with Gasteiger partial charge in [0.2, 0.25) is 0 Å². The molecule has 0 aliphatic carbocycles. The number of thiophene rings is 1. The molecule has 1 heterocycles. The fourth-order valence-corrected chi connectivity index (χ4v) is 2.37. The lowest BCUT2D eigenvalue weighted by atomic mass is 9.85. The molecule has 1 rings (SSSR count). The Morgan fingerprint density at radius 2 is 2.31 bits per heavy atom. The van der Waals surface area contributed by atoms with E-state index in [0.29, 0.717) is 5.02 Å². The largest absolute Gasteiger partial charge is 0.396 e. The molecule has 0 saturated carbocycles. The highest BCUT2D eigenvalue weighted by molar-refractivity contribution is 7.10. The molecule has 2 nitrogen and oxygen atoms in total. The van der Waals surface area contributed by atoms with Crippen LogP contribution in [0.2, 0.25) is 5.02 Å². The van der Waals surface area contributed by atoms with E-state index in [9.17, 15) is 0 Å². The zero-order valence-electron chi connectivity index (χ0n) is 7.75. The van der Waals surface area contributed by atoms with Crippen LogP contribution in [0.1, 0.15) is 24.8 Å². The van der Waals surface area contributed by atoms with Crippen LogP contribution in [0.4, 0.5) is 0 Å². The van der Waals surface area contributed by atoms with Crippen molar-refractivity contribution in [2.45, 2.75) is 19.9 Å². The molecule has 0 bridgehead atoms. The minimum Gasteiger partial charge on any atom is -0.396 e. The molecule has 1 aromatic rings. The molecule has 74 valence electrons. The van der Waals surface area contributed by atoms with Crippen LogP contribution in [0, 0.1) is 5.41 Å². The van der Waals surface area contributed by atoms with Gasteiger partial charge < -0.3 is 10.8 Å². The van der Waals surface area contributed by atoms with Gasteiger partial charge in [-0.2, -0.15) is 0 Å². The first kappa shape index (κ1) is 11.0. The van der Waals surface area contributed by atoms with E-state index >= 15 is 0 Å². The molecule has 0 amide bonds. The van der Waals surface area contributed by atoms with Gasteiger partial charge in [0, 0.05) is 16.3 Å². The highest BCUT2D eigenvalue weighted by Crippen LogP contribution is 2.37. The van der Waals surface area contributed by atoms with Gasteiger partial charge in [0.05, 0.1) is 11.6 Å². The van der Waals surface area contributed by atoms with E-state index in [0.717, 1.165) is 4.88 Å². The van der Waals surface area contributed by atoms with Gasteiger partial charge in [0.1, 0.15) is 0 Å². The number of aliphatic hydroxyl groups is 1. The average Bonchev–Trinajstić information content (AvgIpc) is 2.50. The molecule has 0 aliphatic heterocycles. The van der Waals surface area contributed by atoms with Gasteiger partial charge in [-0.3, -0.25) is 0 Å². The van der Waals surface area contributed by atoms with Gasteiger partial charge in [-0.15, -0.1) is 11.3 Å². The lowest BCUT2D eigenvalue weighted by molar-refractivity contribution is 0.133. The van der Waals surface area contributed by atoms with Crippen molar-refractivity contribution >= 4 is 22.9 Å². The van der Waals surface area contributed by atoms with E-state index in [-0.39, 0.29) is 18.1 Å². The minimum absolute atomic E-state index is 0.0579. The molecule has 0 saturated heterocycles. The predicted octanol–water partition coefficient (Wildman–Crippen LogP) is 2.42. The van der Waals surface area contributed by atoms with Gasteiger partial charge in [0.15, 0.2) is 0 Å². The topological polar surface area (TPSA) is 46.2 Å². The number of aliphatic hydroxyl groups excluding tert-OH is 1. The van der Waals surface area contributed by atoms with E-state index < -0.39 is 0 Å². The Hall–Kier alpha value is -0.0900. The van der Waals surface area contributed by atoms with Gasteiger partial charge in [-0.05, 0) is 11.4 Å². The average molecular weight is 220 g/mol. The maximum absolute atomic E-state index is 9.14. The van der Waals surface area contributed by atoms with Crippen LogP contribution in [0.3, 0.4) is 0 Å². The maximum Gasteiger partial charge on any atom is 0.0561 e. The summed E-state index contributed by atoms with van der Waals surface area (Å²) in [5.41, 5.74) is 5.67. The molecule has 1 aromatic heterocycles. The number of rotatable bonds is 3. The van der Waals surface area contributed by atoms with Gasteiger partial charge in [0.25, 0.3) is 0 Å². The van der Waals surface area contributed by atoms with Crippen molar-refractivity contribution in [3.8, 4) is 0 Å². The molecule has 0 unspecified atom stereocenters. The predicted molar refractivity (Wildman–Crippen MR) is 57.1 cm³/mol. The Morgan fingerprint density at radius 1 is 1.69 bits per heavy atom. The molecule has 13 heavy (non-hydrogen) atoms. The summed E-state index contributed by atoms with van der Waals surface area (Å²) in [7, 11) is 0. The number of hydrogen-bond acceptors (Lipinski definition) is 3. The molecule has 0 fully saturated rings. The molecular formula is C9H14ClNOS. The molecule has 0 aliphatic rings. The second-order valence-corrected chi connectivity index (χ2v) is 5.11. The molecular weight excluding hydrogens is 206 g/mol. The summed E-state index contributed by atoms with van der Waals surface area (Å²) < 4.78 is 0. The maximum atomic E-state index is 9.14. The summed E-state index contributed by atoms with van der Waals surface area (Å²) in [6.45, 7) is 3.91. The van der Waals surface area contributed by atoms with E-state index in [4.69, 9.17) is 22.4 Å². The summed E-state index contributed by atoms with van der Waals surface area (Å²) in [4.78, 5) is 0.945. The highest BCUT2D eigenvalue weighted by Gasteiger charge is 2.29. The minimum atomic E-state index is -0.325. The lowest BCUT2D eigenvalue weighted by Crippen LogP contribution is -2.31. The van der Waals surface area contributed by atoms with Crippen LogP contribution >= 0.6 is 22.9 Å². The standard InChI is InChI=1S/C9H14ClNOS/c1-9(2,5-12)8(11)7-6(10)3-4-13-7/h3-4,8,12H,5,11H2,1-2H3/t8-/m0/s1. The lowest BCUT2D eigenvalue weighted by Gasteiger charge is -2.28. The molecule has 4 heteroatoms. The second-order valence-electron chi connectivity index (χ2n) is 3.76. The summed E-state index contributed by atoms with van der Waals surface area (Å²) in [6, 6.07) is 1.62. The van der Waals surface area contributed by atoms with Crippen LogP contribution in [0.15, 0.2) is 11.4 Å². The van der Waals surface area contributed by atoms with Crippen LogP contribution in [0.25, 0.3) is 0 Å². The molecule has 1 atom stereocenters. The highest BCUT2D eigenvalue weighted by atomic mass is 35.5. The normalized spacial score (nSPS) is 14.5. The Bertz CT molecular complexity index is 285. The third kappa shape index (κ3) is 2.23. The third-order valence-electron chi connectivity index (χ3n) is 2.18. The number of halogens is 1. The molecule has 3 N–H and O–H groups in total. The van der Waals surface area contributed by atoms with Crippen LogP contribution < -0.4 is 5.73 Å². The Morgan fingerprint density at radius 3 is 2.69 bits per heavy atom. The summed E-state index contributed by atoms with van der Waals surface area (Å²) in [5, 5.41) is 11.7. The Labute approximate surface area is 87.3 Å². The zero-order valence-corrected chi connectivity index (χ0v) is 9.32. The number of nitrogens with two attached hydrogens (primary N) is 1. The fourth-order valence-electron chi connectivity index (χ4n) is 0.981. The smallest absolute Gasteiger partial charge is 0.0561 e. The SMILES string of the molecule is CC(C)(CO)[C@@H](N)c1sccc1Cl. The van der Waals surface area contributed by atoms with Crippen LogP contribution in [-0.2, 0) is 0 Å². The summed E-state index contributed by atoms with van der Waals surface area (Å²) in [5.74, 6) is 0. The summed E-state index contributed by atoms with van der Waals surface area (Å²) >= 11 is 7.48. The molecule has 0 spiro atoms. The number of hydrogen-bond donors (Lipinski definition) is 2. The van der Waals surface area contributed by atoms with E-state index in [1.807, 2.05) is 25.3 Å². The summed E-state index contributed by atoms with van der Waals surface area (Å²) in [6.07, 6.45) is 0. The van der Waals surface area contributed by atoms with Crippen molar-refractivity contribution in [3.05, 3.63) is 21.3 Å². The van der Waals surface area contributed by atoms with E-state index in [1.54, 1.807) is 0 Å². The molecule has 0 aromatic carbocycles.